The summed E-state index contributed by atoms with van der Waals surface area (Å²) < 4.78 is 13.5. The van der Waals surface area contributed by atoms with Crippen molar-refractivity contribution in [3.8, 4) is 0 Å². The van der Waals surface area contributed by atoms with Crippen molar-refractivity contribution in [2.45, 2.75) is 39.8 Å². The molecule has 0 bridgehead atoms. The highest BCUT2D eigenvalue weighted by molar-refractivity contribution is 6.31. The molecule has 1 saturated heterocycles. The number of carbonyl (C=O) groups excluding carboxylic acids is 2. The Bertz CT molecular complexity index is 606. The molecule has 4 nitrogen and oxygen atoms in total. The van der Waals surface area contributed by atoms with Crippen LogP contribution in [0.15, 0.2) is 18.2 Å². The van der Waals surface area contributed by atoms with Crippen LogP contribution >= 0.6 is 11.6 Å². The Kier molecular flexibility index (Phi) is 5.63. The zero-order valence-corrected chi connectivity index (χ0v) is 14.4. The molecule has 0 aliphatic carbocycles. The second-order valence-corrected chi connectivity index (χ2v) is 6.66. The number of piperazine rings is 1. The second-order valence-electron chi connectivity index (χ2n) is 6.26. The molecular formula is C17H22ClFN2O2. The van der Waals surface area contributed by atoms with E-state index in [1.807, 2.05) is 20.8 Å². The normalized spacial score (nSPS) is 19.0. The zero-order chi connectivity index (χ0) is 17.1. The van der Waals surface area contributed by atoms with Crippen molar-refractivity contribution in [1.82, 2.24) is 9.80 Å². The standard InChI is InChI=1S/C17H22ClFN2O2/c1-4-20-10-16(22)21(15(17(20)23)7-11(2)3)9-12-8-13(19)5-6-14(12)18/h5-6,8,11,15H,4,7,9-10H2,1-3H3/t15-/m0/s1. The highest BCUT2D eigenvalue weighted by atomic mass is 35.5. The monoisotopic (exact) mass is 340 g/mol. The van der Waals surface area contributed by atoms with Gasteiger partial charge in [-0.15, -0.1) is 0 Å². The van der Waals surface area contributed by atoms with Gasteiger partial charge in [-0.2, -0.15) is 0 Å². The molecule has 0 unspecified atom stereocenters. The second kappa shape index (κ2) is 7.30. The van der Waals surface area contributed by atoms with Gasteiger partial charge in [0.05, 0.1) is 6.54 Å². The number of rotatable bonds is 5. The summed E-state index contributed by atoms with van der Waals surface area (Å²) in [6.07, 6.45) is 0.577. The van der Waals surface area contributed by atoms with Crippen LogP contribution in [0.1, 0.15) is 32.8 Å². The van der Waals surface area contributed by atoms with Gasteiger partial charge < -0.3 is 9.80 Å². The SMILES string of the molecule is CCN1CC(=O)N(Cc2cc(F)ccc2Cl)[C@@H](CC(C)C)C1=O. The van der Waals surface area contributed by atoms with E-state index in [2.05, 4.69) is 0 Å². The van der Waals surface area contributed by atoms with E-state index >= 15 is 0 Å². The van der Waals surface area contributed by atoms with Crippen LogP contribution in [0, 0.1) is 11.7 Å². The first-order valence-electron chi connectivity index (χ1n) is 7.85. The molecule has 1 aliphatic rings. The van der Waals surface area contributed by atoms with Crippen molar-refractivity contribution in [2.75, 3.05) is 13.1 Å². The van der Waals surface area contributed by atoms with Crippen molar-refractivity contribution in [2.24, 2.45) is 5.92 Å². The Morgan fingerprint density at radius 1 is 1.35 bits per heavy atom. The first kappa shape index (κ1) is 17.7. The van der Waals surface area contributed by atoms with E-state index in [1.165, 1.54) is 23.1 Å². The summed E-state index contributed by atoms with van der Waals surface area (Å²) in [4.78, 5) is 28.2. The molecule has 1 aliphatic heterocycles. The number of amides is 2. The summed E-state index contributed by atoms with van der Waals surface area (Å²) in [6.45, 7) is 6.60. The highest BCUT2D eigenvalue weighted by Crippen LogP contribution is 2.25. The Morgan fingerprint density at radius 3 is 2.65 bits per heavy atom. The van der Waals surface area contributed by atoms with Crippen molar-refractivity contribution in [3.05, 3.63) is 34.6 Å². The molecule has 1 atom stereocenters. The molecule has 0 radical (unpaired) electrons. The molecule has 0 aromatic heterocycles. The van der Waals surface area contributed by atoms with Crippen LogP contribution in [-0.4, -0.2) is 40.7 Å². The lowest BCUT2D eigenvalue weighted by Gasteiger charge is -2.40. The van der Waals surface area contributed by atoms with E-state index in [9.17, 15) is 14.0 Å². The molecule has 0 saturated carbocycles. The first-order valence-corrected chi connectivity index (χ1v) is 8.23. The first-order chi connectivity index (χ1) is 10.8. The number of benzene rings is 1. The molecule has 6 heteroatoms. The van der Waals surface area contributed by atoms with Gasteiger partial charge in [-0.3, -0.25) is 9.59 Å². The molecule has 2 rings (SSSR count). The molecular weight excluding hydrogens is 319 g/mol. The lowest BCUT2D eigenvalue weighted by molar-refractivity contribution is -0.157. The molecule has 1 fully saturated rings. The fourth-order valence-corrected chi connectivity index (χ4v) is 3.02. The van der Waals surface area contributed by atoms with Gasteiger partial charge in [-0.05, 0) is 43.0 Å². The molecule has 1 heterocycles. The van der Waals surface area contributed by atoms with Crippen molar-refractivity contribution in [1.29, 1.82) is 0 Å². The van der Waals surface area contributed by atoms with E-state index in [1.54, 1.807) is 4.90 Å². The number of hydrogen-bond donors (Lipinski definition) is 0. The average Bonchev–Trinajstić information content (AvgIpc) is 2.49. The number of hydrogen-bond acceptors (Lipinski definition) is 2. The molecule has 1 aromatic rings. The lowest BCUT2D eigenvalue weighted by Crippen LogP contribution is -2.59. The zero-order valence-electron chi connectivity index (χ0n) is 13.7. The number of likely N-dealkylation sites (N-methyl/N-ethyl adjacent to an activating group) is 1. The molecule has 126 valence electrons. The van der Waals surface area contributed by atoms with Gasteiger partial charge in [0, 0.05) is 18.1 Å². The maximum Gasteiger partial charge on any atom is 0.245 e. The topological polar surface area (TPSA) is 40.6 Å². The smallest absolute Gasteiger partial charge is 0.245 e. The Balaban J connectivity index is 2.30. The summed E-state index contributed by atoms with van der Waals surface area (Å²) in [5.41, 5.74) is 0.520. The van der Waals surface area contributed by atoms with Gasteiger partial charge in [0.15, 0.2) is 0 Å². The molecule has 23 heavy (non-hydrogen) atoms. The van der Waals surface area contributed by atoms with E-state index in [4.69, 9.17) is 11.6 Å². The summed E-state index contributed by atoms with van der Waals surface area (Å²) in [7, 11) is 0. The van der Waals surface area contributed by atoms with Gasteiger partial charge in [-0.25, -0.2) is 4.39 Å². The van der Waals surface area contributed by atoms with E-state index in [0.717, 1.165) is 0 Å². The fourth-order valence-electron chi connectivity index (χ4n) is 2.84. The van der Waals surface area contributed by atoms with Gasteiger partial charge >= 0.3 is 0 Å². The van der Waals surface area contributed by atoms with Crippen LogP contribution in [-0.2, 0) is 16.1 Å². The maximum atomic E-state index is 13.5. The minimum atomic E-state index is -0.518. The van der Waals surface area contributed by atoms with Gasteiger partial charge in [0.1, 0.15) is 11.9 Å². The van der Waals surface area contributed by atoms with Crippen LogP contribution in [0.5, 0.6) is 0 Å². The van der Waals surface area contributed by atoms with Gasteiger partial charge in [0.2, 0.25) is 11.8 Å². The molecule has 0 N–H and O–H groups in total. The minimum absolute atomic E-state index is 0.0478. The predicted molar refractivity (Wildman–Crippen MR) is 87.5 cm³/mol. The molecule has 2 amide bonds. The highest BCUT2D eigenvalue weighted by Gasteiger charge is 2.38. The van der Waals surface area contributed by atoms with Gasteiger partial charge in [0.25, 0.3) is 0 Å². The maximum absolute atomic E-state index is 13.5. The number of halogens is 2. The summed E-state index contributed by atoms with van der Waals surface area (Å²) in [5, 5.41) is 0.396. The Morgan fingerprint density at radius 2 is 2.04 bits per heavy atom. The lowest BCUT2D eigenvalue weighted by atomic mass is 9.98. The van der Waals surface area contributed by atoms with Crippen LogP contribution < -0.4 is 0 Å². The Hall–Kier alpha value is -1.62. The van der Waals surface area contributed by atoms with Crippen LogP contribution in [0.25, 0.3) is 0 Å². The predicted octanol–water partition coefficient (Wildman–Crippen LogP) is 3.08. The average molecular weight is 341 g/mol. The molecule has 1 aromatic carbocycles. The third-order valence-corrected chi connectivity index (χ3v) is 4.41. The van der Waals surface area contributed by atoms with Crippen LogP contribution in [0.4, 0.5) is 4.39 Å². The largest absolute Gasteiger partial charge is 0.332 e. The minimum Gasteiger partial charge on any atom is -0.332 e. The third kappa shape index (κ3) is 4.02. The molecule has 0 spiro atoms. The summed E-state index contributed by atoms with van der Waals surface area (Å²) in [5.74, 6) is -0.319. The summed E-state index contributed by atoms with van der Waals surface area (Å²) >= 11 is 6.11. The fraction of sp³-hybridized carbons (Fsp3) is 0.529. The van der Waals surface area contributed by atoms with Crippen LogP contribution in [0.3, 0.4) is 0 Å². The van der Waals surface area contributed by atoms with Gasteiger partial charge in [-0.1, -0.05) is 25.4 Å². The van der Waals surface area contributed by atoms with E-state index in [0.29, 0.717) is 23.6 Å². The van der Waals surface area contributed by atoms with Crippen LogP contribution in [0.2, 0.25) is 5.02 Å². The third-order valence-electron chi connectivity index (χ3n) is 4.04. The number of nitrogens with zero attached hydrogens (tertiary/aromatic N) is 2. The number of carbonyl (C=O) groups is 2. The van der Waals surface area contributed by atoms with Crippen molar-refractivity contribution in [3.63, 3.8) is 0 Å². The quantitative estimate of drug-likeness (QED) is 0.826. The van der Waals surface area contributed by atoms with Crippen molar-refractivity contribution < 1.29 is 14.0 Å². The van der Waals surface area contributed by atoms with E-state index in [-0.39, 0.29) is 30.8 Å². The van der Waals surface area contributed by atoms with E-state index < -0.39 is 11.9 Å². The Labute approximate surface area is 141 Å². The summed E-state index contributed by atoms with van der Waals surface area (Å²) in [6, 6.07) is 3.55. The van der Waals surface area contributed by atoms with Crippen molar-refractivity contribution >= 4 is 23.4 Å².